The van der Waals surface area contributed by atoms with Crippen molar-refractivity contribution in [3.05, 3.63) is 23.5 Å². The van der Waals surface area contributed by atoms with Crippen LogP contribution >= 0.6 is 0 Å². The van der Waals surface area contributed by atoms with Crippen LogP contribution in [0.5, 0.6) is 0 Å². The molecular weight excluding hydrogens is 314 g/mol. The van der Waals surface area contributed by atoms with E-state index in [1.807, 2.05) is 13.0 Å². The fourth-order valence-electron chi connectivity index (χ4n) is 2.72. The van der Waals surface area contributed by atoms with Gasteiger partial charge in [-0.25, -0.2) is 10.3 Å². The topological polar surface area (TPSA) is 91.3 Å². The second-order valence-electron chi connectivity index (χ2n) is 6.06. The van der Waals surface area contributed by atoms with Crippen LogP contribution in [0.1, 0.15) is 13.3 Å². The van der Waals surface area contributed by atoms with Gasteiger partial charge in [0.05, 0.1) is 25.1 Å². The maximum Gasteiger partial charge on any atom is 0.320 e. The molecule has 1 aliphatic heterocycles. The lowest BCUT2D eigenvalue weighted by atomic mass is 9.94. The first kappa shape index (κ1) is 18.3. The first-order chi connectivity index (χ1) is 11.5. The second-order valence-corrected chi connectivity index (χ2v) is 6.06. The summed E-state index contributed by atoms with van der Waals surface area (Å²) in [4.78, 5) is 27.6. The minimum absolute atomic E-state index is 0.0828. The van der Waals surface area contributed by atoms with E-state index in [4.69, 9.17) is 14.7 Å². The Morgan fingerprint density at radius 2 is 2.29 bits per heavy atom. The molecule has 1 heterocycles. The molecule has 0 saturated carbocycles. The molecule has 0 aromatic rings. The minimum atomic E-state index is -0.467. The highest BCUT2D eigenvalue weighted by Gasteiger charge is 2.31. The number of nitrogens with one attached hydrogen (secondary N) is 1. The molecule has 1 aliphatic carbocycles. The Morgan fingerprint density at radius 1 is 1.54 bits per heavy atom. The van der Waals surface area contributed by atoms with Crippen LogP contribution in [-0.4, -0.2) is 73.4 Å². The maximum absolute atomic E-state index is 12.7. The Balaban J connectivity index is 2.11. The third-order valence-electron chi connectivity index (χ3n) is 4.29. The predicted octanol–water partition coefficient (Wildman–Crippen LogP) is 0.741. The summed E-state index contributed by atoms with van der Waals surface area (Å²) in [7, 11) is 3.34. The van der Waals surface area contributed by atoms with E-state index in [-0.39, 0.29) is 12.1 Å². The standard InChI is InChI=1S/C16H25N3O5/c1-11-10-24-14-8-12(15(20)17-22)4-5-13(14)9-19(11)16(21)18(2)6-7-23-3/h5,8,11-12,22H,4,6-7,9-10H2,1-3H3,(H,17,20)/t11-,12?/m0/s1. The average Bonchev–Trinajstić information content (AvgIpc) is 2.76. The van der Waals surface area contributed by atoms with Crippen LogP contribution in [0.25, 0.3) is 0 Å². The zero-order valence-electron chi connectivity index (χ0n) is 14.3. The van der Waals surface area contributed by atoms with Crippen molar-refractivity contribution in [2.24, 2.45) is 5.92 Å². The molecule has 2 aliphatic rings. The molecule has 0 radical (unpaired) electrons. The highest BCUT2D eigenvalue weighted by atomic mass is 16.5. The highest BCUT2D eigenvalue weighted by Crippen LogP contribution is 2.28. The van der Waals surface area contributed by atoms with E-state index in [1.54, 1.807) is 35.5 Å². The maximum atomic E-state index is 12.7. The van der Waals surface area contributed by atoms with Gasteiger partial charge in [-0.2, -0.15) is 0 Å². The number of methoxy groups -OCH3 is 1. The molecule has 3 amide bonds. The van der Waals surface area contributed by atoms with Gasteiger partial charge in [0.1, 0.15) is 12.4 Å². The van der Waals surface area contributed by atoms with E-state index in [0.29, 0.717) is 38.5 Å². The molecule has 8 nitrogen and oxygen atoms in total. The molecule has 2 rings (SSSR count). The minimum Gasteiger partial charge on any atom is -0.491 e. The van der Waals surface area contributed by atoms with Gasteiger partial charge >= 0.3 is 6.03 Å². The normalized spacial score (nSPS) is 23.2. The molecule has 2 N–H and O–H groups in total. The van der Waals surface area contributed by atoms with Gasteiger partial charge in [0.25, 0.3) is 5.91 Å². The van der Waals surface area contributed by atoms with Crippen LogP contribution in [0, 0.1) is 5.92 Å². The summed E-state index contributed by atoms with van der Waals surface area (Å²) in [6.45, 7) is 3.70. The molecule has 8 heteroatoms. The SMILES string of the molecule is COCCN(C)C(=O)N1CC2=CCC(C(=O)NO)C=C2OC[C@@H]1C. The summed E-state index contributed by atoms with van der Waals surface area (Å²) in [6.07, 6.45) is 4.06. The van der Waals surface area contributed by atoms with Crippen LogP contribution in [-0.2, 0) is 14.3 Å². The number of allylic oxidation sites excluding steroid dienone is 1. The Morgan fingerprint density at radius 3 is 2.96 bits per heavy atom. The smallest absolute Gasteiger partial charge is 0.320 e. The van der Waals surface area contributed by atoms with Crippen molar-refractivity contribution in [3.8, 4) is 0 Å². The van der Waals surface area contributed by atoms with Gasteiger partial charge in [-0.3, -0.25) is 10.0 Å². The molecule has 1 fully saturated rings. The number of urea groups is 1. The van der Waals surface area contributed by atoms with Crippen molar-refractivity contribution < 1.29 is 24.3 Å². The number of hydroxylamine groups is 1. The number of carbonyl (C=O) groups is 2. The van der Waals surface area contributed by atoms with Gasteiger partial charge in [0, 0.05) is 26.3 Å². The summed E-state index contributed by atoms with van der Waals surface area (Å²) >= 11 is 0. The zero-order valence-corrected chi connectivity index (χ0v) is 14.3. The molecule has 2 atom stereocenters. The van der Waals surface area contributed by atoms with Crippen molar-refractivity contribution in [2.75, 3.05) is 40.5 Å². The van der Waals surface area contributed by atoms with Crippen molar-refractivity contribution in [3.63, 3.8) is 0 Å². The highest BCUT2D eigenvalue weighted by molar-refractivity contribution is 5.80. The number of ether oxygens (including phenoxy) is 2. The Labute approximate surface area is 141 Å². The third-order valence-corrected chi connectivity index (χ3v) is 4.29. The van der Waals surface area contributed by atoms with Gasteiger partial charge in [-0.05, 0) is 19.4 Å². The Kier molecular flexibility index (Phi) is 6.22. The predicted molar refractivity (Wildman–Crippen MR) is 86.2 cm³/mol. The molecule has 24 heavy (non-hydrogen) atoms. The Hall–Kier alpha value is -2.06. The molecule has 0 bridgehead atoms. The second kappa shape index (κ2) is 8.16. The number of rotatable bonds is 4. The third kappa shape index (κ3) is 4.07. The number of fused-ring (bicyclic) bond motifs is 1. The number of hydrogen-bond donors (Lipinski definition) is 2. The summed E-state index contributed by atoms with van der Waals surface area (Å²) < 4.78 is 10.8. The van der Waals surface area contributed by atoms with Crippen LogP contribution in [0.3, 0.4) is 0 Å². The van der Waals surface area contributed by atoms with Gasteiger partial charge in [0.15, 0.2) is 0 Å². The molecular formula is C16H25N3O5. The lowest BCUT2D eigenvalue weighted by Gasteiger charge is -2.31. The van der Waals surface area contributed by atoms with Gasteiger partial charge in [-0.15, -0.1) is 0 Å². The molecule has 0 spiro atoms. The lowest BCUT2D eigenvalue weighted by molar-refractivity contribution is -0.131. The van der Waals surface area contributed by atoms with Crippen molar-refractivity contribution >= 4 is 11.9 Å². The summed E-state index contributed by atoms with van der Waals surface area (Å²) in [5.74, 6) is -0.321. The molecule has 1 unspecified atom stereocenters. The summed E-state index contributed by atoms with van der Waals surface area (Å²) in [6, 6.07) is -0.180. The molecule has 1 saturated heterocycles. The first-order valence-corrected chi connectivity index (χ1v) is 7.96. The van der Waals surface area contributed by atoms with Crippen molar-refractivity contribution in [2.45, 2.75) is 19.4 Å². The van der Waals surface area contributed by atoms with E-state index in [1.165, 1.54) is 0 Å². The quantitative estimate of drug-likeness (QED) is 0.582. The van der Waals surface area contributed by atoms with E-state index < -0.39 is 11.8 Å². The van der Waals surface area contributed by atoms with Crippen molar-refractivity contribution in [1.82, 2.24) is 15.3 Å². The first-order valence-electron chi connectivity index (χ1n) is 7.96. The van der Waals surface area contributed by atoms with E-state index >= 15 is 0 Å². The van der Waals surface area contributed by atoms with Gasteiger partial charge in [-0.1, -0.05) is 6.08 Å². The zero-order chi connectivity index (χ0) is 17.7. The van der Waals surface area contributed by atoms with Crippen LogP contribution < -0.4 is 5.48 Å². The average molecular weight is 339 g/mol. The molecule has 0 aromatic carbocycles. The lowest BCUT2D eigenvalue weighted by Crippen LogP contribution is -2.47. The number of carbonyl (C=O) groups excluding carboxylic acids is 2. The number of nitrogens with zero attached hydrogens (tertiary/aromatic N) is 2. The fraction of sp³-hybridized carbons (Fsp3) is 0.625. The van der Waals surface area contributed by atoms with E-state index in [2.05, 4.69) is 0 Å². The molecule has 134 valence electrons. The van der Waals surface area contributed by atoms with Crippen LogP contribution in [0.2, 0.25) is 0 Å². The van der Waals surface area contributed by atoms with E-state index in [0.717, 1.165) is 5.57 Å². The number of hydrogen-bond acceptors (Lipinski definition) is 5. The van der Waals surface area contributed by atoms with Gasteiger partial charge < -0.3 is 19.3 Å². The Bertz CT molecular complexity index is 546. The number of amides is 3. The largest absolute Gasteiger partial charge is 0.491 e. The van der Waals surface area contributed by atoms with Gasteiger partial charge in [0.2, 0.25) is 0 Å². The van der Waals surface area contributed by atoms with Crippen LogP contribution in [0.15, 0.2) is 23.5 Å². The monoisotopic (exact) mass is 339 g/mol. The van der Waals surface area contributed by atoms with E-state index in [9.17, 15) is 9.59 Å². The fourth-order valence-corrected chi connectivity index (χ4v) is 2.72. The summed E-state index contributed by atoms with van der Waals surface area (Å²) in [5.41, 5.74) is 2.55. The van der Waals surface area contributed by atoms with Crippen LogP contribution in [0.4, 0.5) is 4.79 Å². The molecule has 0 aromatic heterocycles. The van der Waals surface area contributed by atoms with Crippen molar-refractivity contribution in [1.29, 1.82) is 0 Å². The summed E-state index contributed by atoms with van der Waals surface area (Å²) in [5, 5.41) is 8.77. The number of likely N-dealkylation sites (N-methyl/N-ethyl adjacent to an activating group) is 1.